The van der Waals surface area contributed by atoms with Gasteiger partial charge in [-0.25, -0.2) is 0 Å². The molecule has 84 valence electrons. The lowest BCUT2D eigenvalue weighted by Crippen LogP contribution is -1.84. The Bertz CT molecular complexity index is 384. The van der Waals surface area contributed by atoms with Crippen LogP contribution in [0.4, 0.5) is 5.69 Å². The highest BCUT2D eigenvalue weighted by Crippen LogP contribution is 2.18. The van der Waals surface area contributed by atoms with Crippen molar-refractivity contribution in [1.82, 2.24) is 0 Å². The van der Waals surface area contributed by atoms with Crippen molar-refractivity contribution in [3.8, 4) is 0 Å². The summed E-state index contributed by atoms with van der Waals surface area (Å²) in [4.78, 5) is 4.29. The van der Waals surface area contributed by atoms with E-state index in [-0.39, 0.29) is 0 Å². The van der Waals surface area contributed by atoms with E-state index in [9.17, 15) is 0 Å². The van der Waals surface area contributed by atoms with Crippen molar-refractivity contribution in [3.63, 3.8) is 0 Å². The zero-order valence-corrected chi connectivity index (χ0v) is 9.80. The Hall–Kier alpha value is -1.83. The van der Waals surface area contributed by atoms with E-state index in [1.807, 2.05) is 24.3 Å². The van der Waals surface area contributed by atoms with Crippen LogP contribution in [0.1, 0.15) is 25.3 Å². The second-order valence-electron chi connectivity index (χ2n) is 3.79. The lowest BCUT2D eigenvalue weighted by Gasteiger charge is -2.03. The Balaban J connectivity index is 2.61. The smallest absolute Gasteiger partial charge is 0.0629 e. The number of benzene rings is 1. The maximum absolute atomic E-state index is 5.19. The van der Waals surface area contributed by atoms with Gasteiger partial charge in [0.25, 0.3) is 0 Å². The SMILES string of the molecule is CC(C)c1ccc(N=CC=CC=CN)cc1. The minimum atomic E-state index is 0.563. The number of nitrogens with two attached hydrogens (primary N) is 1. The molecule has 0 amide bonds. The van der Waals surface area contributed by atoms with Gasteiger partial charge in [-0.3, -0.25) is 4.99 Å². The highest BCUT2D eigenvalue weighted by atomic mass is 14.7. The van der Waals surface area contributed by atoms with Crippen molar-refractivity contribution in [2.75, 3.05) is 0 Å². The van der Waals surface area contributed by atoms with Crippen molar-refractivity contribution in [3.05, 3.63) is 54.3 Å². The molecule has 0 atom stereocenters. The third kappa shape index (κ3) is 4.13. The summed E-state index contributed by atoms with van der Waals surface area (Å²) in [6.45, 7) is 4.36. The molecule has 0 spiro atoms. The lowest BCUT2D eigenvalue weighted by atomic mass is 10.0. The molecular formula is C14H18N2. The maximum Gasteiger partial charge on any atom is 0.0629 e. The first-order valence-corrected chi connectivity index (χ1v) is 5.41. The average Bonchev–Trinajstić information content (AvgIpc) is 2.29. The first-order valence-electron chi connectivity index (χ1n) is 5.41. The van der Waals surface area contributed by atoms with Gasteiger partial charge >= 0.3 is 0 Å². The number of hydrogen-bond donors (Lipinski definition) is 1. The molecule has 0 unspecified atom stereocenters. The minimum absolute atomic E-state index is 0.563. The van der Waals surface area contributed by atoms with Gasteiger partial charge in [-0.05, 0) is 42.0 Å². The van der Waals surface area contributed by atoms with Crippen LogP contribution in [0.15, 0.2) is 53.7 Å². The molecule has 1 aromatic rings. The zero-order valence-electron chi connectivity index (χ0n) is 9.80. The van der Waals surface area contributed by atoms with Crippen molar-refractivity contribution in [2.45, 2.75) is 19.8 Å². The fourth-order valence-electron chi connectivity index (χ4n) is 1.25. The number of nitrogens with zero attached hydrogens (tertiary/aromatic N) is 1. The van der Waals surface area contributed by atoms with Crippen molar-refractivity contribution in [1.29, 1.82) is 0 Å². The van der Waals surface area contributed by atoms with Gasteiger partial charge in [0, 0.05) is 6.21 Å². The van der Waals surface area contributed by atoms with E-state index in [4.69, 9.17) is 5.73 Å². The summed E-state index contributed by atoms with van der Waals surface area (Å²) in [6.07, 6.45) is 8.69. The van der Waals surface area contributed by atoms with Crippen LogP contribution in [0, 0.1) is 0 Å². The fraction of sp³-hybridized carbons (Fsp3) is 0.214. The van der Waals surface area contributed by atoms with Crippen LogP contribution in [-0.2, 0) is 0 Å². The quantitative estimate of drug-likeness (QED) is 0.604. The van der Waals surface area contributed by atoms with Crippen molar-refractivity contribution >= 4 is 11.9 Å². The van der Waals surface area contributed by atoms with Gasteiger partial charge in [0.2, 0.25) is 0 Å². The summed E-state index contributed by atoms with van der Waals surface area (Å²) < 4.78 is 0. The van der Waals surface area contributed by atoms with Crippen molar-refractivity contribution < 1.29 is 0 Å². The maximum atomic E-state index is 5.19. The van der Waals surface area contributed by atoms with Gasteiger partial charge in [0.15, 0.2) is 0 Å². The molecule has 0 heterocycles. The van der Waals surface area contributed by atoms with E-state index in [1.54, 1.807) is 12.3 Å². The predicted octanol–water partition coefficient (Wildman–Crippen LogP) is 3.54. The van der Waals surface area contributed by atoms with E-state index in [2.05, 4.69) is 31.0 Å². The molecule has 0 aliphatic carbocycles. The molecule has 1 rings (SSSR count). The average molecular weight is 214 g/mol. The highest BCUT2D eigenvalue weighted by Gasteiger charge is 1.96. The molecule has 0 bridgehead atoms. The molecule has 0 saturated carbocycles. The molecule has 0 aliphatic rings. The van der Waals surface area contributed by atoms with E-state index >= 15 is 0 Å². The first-order chi connectivity index (χ1) is 7.74. The summed E-state index contributed by atoms with van der Waals surface area (Å²) in [6, 6.07) is 8.28. The molecular weight excluding hydrogens is 196 g/mol. The van der Waals surface area contributed by atoms with E-state index in [0.717, 1.165) is 5.69 Å². The van der Waals surface area contributed by atoms with Crippen LogP contribution in [0.2, 0.25) is 0 Å². The van der Waals surface area contributed by atoms with Crippen LogP contribution in [0.5, 0.6) is 0 Å². The monoisotopic (exact) mass is 214 g/mol. The molecule has 0 radical (unpaired) electrons. The number of rotatable bonds is 4. The van der Waals surface area contributed by atoms with E-state index in [1.165, 1.54) is 11.8 Å². The van der Waals surface area contributed by atoms with Crippen LogP contribution < -0.4 is 5.73 Å². The molecule has 0 fully saturated rings. The zero-order chi connectivity index (χ0) is 11.8. The van der Waals surface area contributed by atoms with Gasteiger partial charge in [-0.15, -0.1) is 0 Å². The Morgan fingerprint density at radius 2 is 1.75 bits per heavy atom. The number of aliphatic imine (C=N–C) groups is 1. The Morgan fingerprint density at radius 3 is 2.31 bits per heavy atom. The highest BCUT2D eigenvalue weighted by molar-refractivity contribution is 5.74. The third-order valence-corrected chi connectivity index (χ3v) is 2.20. The summed E-state index contributed by atoms with van der Waals surface area (Å²) >= 11 is 0. The normalized spacial score (nSPS) is 12.4. The predicted molar refractivity (Wildman–Crippen MR) is 71.2 cm³/mol. The van der Waals surface area contributed by atoms with Crippen molar-refractivity contribution in [2.24, 2.45) is 10.7 Å². The van der Waals surface area contributed by atoms with Gasteiger partial charge in [-0.1, -0.05) is 32.1 Å². The van der Waals surface area contributed by atoms with Gasteiger partial charge in [0.1, 0.15) is 0 Å². The Morgan fingerprint density at radius 1 is 1.06 bits per heavy atom. The molecule has 0 saturated heterocycles. The van der Waals surface area contributed by atoms with E-state index in [0.29, 0.717) is 5.92 Å². The van der Waals surface area contributed by atoms with Gasteiger partial charge < -0.3 is 5.73 Å². The van der Waals surface area contributed by atoms with Crippen LogP contribution in [0.3, 0.4) is 0 Å². The van der Waals surface area contributed by atoms with Crippen LogP contribution in [0.25, 0.3) is 0 Å². The molecule has 2 nitrogen and oxygen atoms in total. The topological polar surface area (TPSA) is 38.4 Å². The minimum Gasteiger partial charge on any atom is -0.405 e. The molecule has 0 aromatic heterocycles. The third-order valence-electron chi connectivity index (χ3n) is 2.20. The number of hydrogen-bond acceptors (Lipinski definition) is 2. The molecule has 2 heteroatoms. The summed E-state index contributed by atoms with van der Waals surface area (Å²) in [7, 11) is 0. The second-order valence-corrected chi connectivity index (χ2v) is 3.79. The second kappa shape index (κ2) is 6.62. The largest absolute Gasteiger partial charge is 0.405 e. The number of allylic oxidation sites excluding steroid dienone is 3. The summed E-state index contributed by atoms with van der Waals surface area (Å²) in [5.74, 6) is 0.563. The Kier molecular flexibility index (Phi) is 5.06. The first kappa shape index (κ1) is 12.2. The summed E-state index contributed by atoms with van der Waals surface area (Å²) in [5, 5.41) is 0. The van der Waals surface area contributed by atoms with Crippen LogP contribution in [-0.4, -0.2) is 6.21 Å². The molecule has 0 aliphatic heterocycles. The Labute approximate surface area is 97.2 Å². The van der Waals surface area contributed by atoms with Gasteiger partial charge in [0.05, 0.1) is 5.69 Å². The standard InChI is InChI=1S/C14H18N2/c1-12(2)13-6-8-14(9-7-13)16-11-5-3-4-10-15/h3-12H,15H2,1-2H3. The van der Waals surface area contributed by atoms with Crippen LogP contribution >= 0.6 is 0 Å². The van der Waals surface area contributed by atoms with Gasteiger partial charge in [-0.2, -0.15) is 0 Å². The molecule has 1 aromatic carbocycles. The lowest BCUT2D eigenvalue weighted by molar-refractivity contribution is 0.867. The fourth-order valence-corrected chi connectivity index (χ4v) is 1.25. The summed E-state index contributed by atoms with van der Waals surface area (Å²) in [5.41, 5.74) is 7.49. The molecule has 2 N–H and O–H groups in total. The molecule has 16 heavy (non-hydrogen) atoms. The van der Waals surface area contributed by atoms with E-state index < -0.39 is 0 Å².